The molecule has 0 radical (unpaired) electrons. The summed E-state index contributed by atoms with van der Waals surface area (Å²) in [5.41, 5.74) is 0.512. The van der Waals surface area contributed by atoms with Crippen molar-refractivity contribution in [3.63, 3.8) is 0 Å². The van der Waals surface area contributed by atoms with Gasteiger partial charge in [0.1, 0.15) is 17.3 Å². The van der Waals surface area contributed by atoms with Crippen LogP contribution in [-0.4, -0.2) is 39.6 Å². The minimum atomic E-state index is -0.405. The molecule has 1 aromatic heterocycles. The molecule has 1 aliphatic rings. The molecule has 25 heavy (non-hydrogen) atoms. The fourth-order valence-corrected chi connectivity index (χ4v) is 2.87. The highest BCUT2D eigenvalue weighted by atomic mass is 19.1. The van der Waals surface area contributed by atoms with E-state index in [1.54, 1.807) is 6.07 Å². The van der Waals surface area contributed by atoms with E-state index in [1.807, 2.05) is 13.8 Å². The van der Waals surface area contributed by atoms with Gasteiger partial charge >= 0.3 is 5.69 Å². The van der Waals surface area contributed by atoms with Gasteiger partial charge in [-0.3, -0.25) is 0 Å². The van der Waals surface area contributed by atoms with E-state index < -0.39 is 5.69 Å². The number of ether oxygens (including phenoxy) is 2. The molecular formula is C17H23FN4O3. The second-order valence-electron chi connectivity index (χ2n) is 6.66. The number of tetrazole rings is 1. The van der Waals surface area contributed by atoms with Crippen molar-refractivity contribution < 1.29 is 13.9 Å². The van der Waals surface area contributed by atoms with Crippen molar-refractivity contribution in [2.75, 3.05) is 19.8 Å². The van der Waals surface area contributed by atoms with Gasteiger partial charge in [-0.1, -0.05) is 13.8 Å². The first-order valence-electron chi connectivity index (χ1n) is 8.50. The average Bonchev–Trinajstić information content (AvgIpc) is 2.93. The number of aryl methyl sites for hydroxylation is 1. The Kier molecular flexibility index (Phi) is 5.17. The van der Waals surface area contributed by atoms with Crippen molar-refractivity contribution in [3.05, 3.63) is 34.0 Å². The van der Waals surface area contributed by atoms with E-state index in [0.29, 0.717) is 42.7 Å². The highest BCUT2D eigenvalue weighted by Gasteiger charge is 2.20. The van der Waals surface area contributed by atoms with E-state index in [1.165, 1.54) is 13.1 Å². The number of benzene rings is 1. The molecule has 1 aliphatic heterocycles. The van der Waals surface area contributed by atoms with Gasteiger partial charge in [-0.05, 0) is 46.7 Å². The zero-order valence-electron chi connectivity index (χ0n) is 14.7. The Balaban J connectivity index is 1.96. The number of hydrogen-bond acceptors (Lipinski definition) is 5. The molecule has 2 aromatic rings. The molecule has 0 spiro atoms. The first kappa shape index (κ1) is 17.6. The standard InChI is InChI=1S/C17H23FN4O3/c1-11(2)13-8-15(22-17(23)21(3)19-20-22)16(9-14(13)18)25-10-12-4-6-24-7-5-12/h8-9,11-12H,4-7,10H2,1-3H3. The smallest absolute Gasteiger partial charge is 0.368 e. The third-order valence-electron chi connectivity index (χ3n) is 4.47. The van der Waals surface area contributed by atoms with Crippen LogP contribution in [0.5, 0.6) is 5.75 Å². The number of halogens is 1. The van der Waals surface area contributed by atoms with Gasteiger partial charge in [0.15, 0.2) is 0 Å². The van der Waals surface area contributed by atoms with E-state index >= 15 is 0 Å². The van der Waals surface area contributed by atoms with Crippen molar-refractivity contribution in [2.24, 2.45) is 13.0 Å². The Morgan fingerprint density at radius 1 is 1.32 bits per heavy atom. The van der Waals surface area contributed by atoms with E-state index in [4.69, 9.17) is 9.47 Å². The first-order chi connectivity index (χ1) is 12.0. The molecule has 0 saturated carbocycles. The molecular weight excluding hydrogens is 327 g/mol. The van der Waals surface area contributed by atoms with Crippen molar-refractivity contribution in [3.8, 4) is 11.4 Å². The summed E-state index contributed by atoms with van der Waals surface area (Å²) in [6.07, 6.45) is 1.82. The summed E-state index contributed by atoms with van der Waals surface area (Å²) in [7, 11) is 1.52. The Labute approximate surface area is 145 Å². The van der Waals surface area contributed by atoms with Gasteiger partial charge in [0.25, 0.3) is 0 Å². The molecule has 0 atom stereocenters. The van der Waals surface area contributed by atoms with Gasteiger partial charge in [0, 0.05) is 26.3 Å². The topological polar surface area (TPSA) is 71.2 Å². The molecule has 136 valence electrons. The predicted molar refractivity (Wildman–Crippen MR) is 89.7 cm³/mol. The Hall–Kier alpha value is -2.22. The zero-order chi connectivity index (χ0) is 18.0. The second-order valence-corrected chi connectivity index (χ2v) is 6.66. The van der Waals surface area contributed by atoms with E-state index in [9.17, 15) is 9.18 Å². The normalized spacial score (nSPS) is 15.7. The third-order valence-corrected chi connectivity index (χ3v) is 4.47. The largest absolute Gasteiger partial charge is 0.491 e. The van der Waals surface area contributed by atoms with Crippen LogP contribution in [0.3, 0.4) is 0 Å². The van der Waals surface area contributed by atoms with Gasteiger partial charge in [0.05, 0.1) is 6.61 Å². The summed E-state index contributed by atoms with van der Waals surface area (Å²) in [6, 6.07) is 2.96. The number of hydrogen-bond donors (Lipinski definition) is 0. The fraction of sp³-hybridized carbons (Fsp3) is 0.588. The minimum absolute atomic E-state index is 0.0318. The molecule has 0 unspecified atom stereocenters. The molecule has 0 aliphatic carbocycles. The molecule has 1 fully saturated rings. The zero-order valence-corrected chi connectivity index (χ0v) is 14.7. The Morgan fingerprint density at radius 3 is 2.64 bits per heavy atom. The molecule has 1 aromatic carbocycles. The maximum absolute atomic E-state index is 14.4. The lowest BCUT2D eigenvalue weighted by molar-refractivity contribution is 0.0497. The van der Waals surface area contributed by atoms with Crippen LogP contribution in [0.15, 0.2) is 16.9 Å². The second kappa shape index (κ2) is 7.35. The van der Waals surface area contributed by atoms with Gasteiger partial charge in [-0.25, -0.2) is 9.18 Å². The fourth-order valence-electron chi connectivity index (χ4n) is 2.87. The van der Waals surface area contributed by atoms with Gasteiger partial charge in [-0.15, -0.1) is 0 Å². The van der Waals surface area contributed by atoms with Gasteiger partial charge in [-0.2, -0.15) is 9.36 Å². The molecule has 7 nitrogen and oxygen atoms in total. The molecule has 2 heterocycles. The van der Waals surface area contributed by atoms with E-state index in [2.05, 4.69) is 10.4 Å². The molecule has 0 amide bonds. The van der Waals surface area contributed by atoms with Crippen LogP contribution in [0, 0.1) is 11.7 Å². The van der Waals surface area contributed by atoms with Crippen molar-refractivity contribution in [2.45, 2.75) is 32.6 Å². The number of aromatic nitrogens is 4. The summed E-state index contributed by atoms with van der Waals surface area (Å²) in [5.74, 6) is 0.275. The van der Waals surface area contributed by atoms with Crippen LogP contribution in [0.1, 0.15) is 38.2 Å². The molecule has 3 rings (SSSR count). The van der Waals surface area contributed by atoms with Crippen molar-refractivity contribution >= 4 is 0 Å². The van der Waals surface area contributed by atoms with Crippen LogP contribution in [0.2, 0.25) is 0 Å². The lowest BCUT2D eigenvalue weighted by atomic mass is 10.0. The predicted octanol–water partition coefficient (Wildman–Crippen LogP) is 2.03. The van der Waals surface area contributed by atoms with Gasteiger partial charge in [0.2, 0.25) is 0 Å². The van der Waals surface area contributed by atoms with E-state index in [0.717, 1.165) is 22.2 Å². The lowest BCUT2D eigenvalue weighted by Gasteiger charge is -2.23. The summed E-state index contributed by atoms with van der Waals surface area (Å²) in [5, 5.41) is 7.60. The highest BCUT2D eigenvalue weighted by Crippen LogP contribution is 2.30. The third kappa shape index (κ3) is 3.73. The summed E-state index contributed by atoms with van der Waals surface area (Å²) < 4.78 is 27.9. The van der Waals surface area contributed by atoms with Crippen LogP contribution in [0.25, 0.3) is 5.69 Å². The first-order valence-corrected chi connectivity index (χ1v) is 8.50. The maximum Gasteiger partial charge on any atom is 0.368 e. The highest BCUT2D eigenvalue weighted by molar-refractivity contribution is 5.49. The number of rotatable bonds is 5. The molecule has 0 bridgehead atoms. The average molecular weight is 350 g/mol. The summed E-state index contributed by atoms with van der Waals surface area (Å²) in [4.78, 5) is 12.2. The molecule has 8 heteroatoms. The SMILES string of the molecule is CC(C)c1cc(-n2nnn(C)c2=O)c(OCC2CCOCC2)cc1F. The summed E-state index contributed by atoms with van der Waals surface area (Å²) in [6.45, 7) is 5.66. The van der Waals surface area contributed by atoms with Gasteiger partial charge < -0.3 is 9.47 Å². The monoisotopic (exact) mass is 350 g/mol. The van der Waals surface area contributed by atoms with Crippen LogP contribution >= 0.6 is 0 Å². The minimum Gasteiger partial charge on any atom is -0.491 e. The summed E-state index contributed by atoms with van der Waals surface area (Å²) >= 11 is 0. The van der Waals surface area contributed by atoms with Crippen molar-refractivity contribution in [1.82, 2.24) is 19.8 Å². The van der Waals surface area contributed by atoms with E-state index in [-0.39, 0.29) is 11.7 Å². The van der Waals surface area contributed by atoms with Crippen molar-refractivity contribution in [1.29, 1.82) is 0 Å². The van der Waals surface area contributed by atoms with Crippen LogP contribution in [-0.2, 0) is 11.8 Å². The van der Waals surface area contributed by atoms with Crippen LogP contribution < -0.4 is 10.4 Å². The molecule has 0 N–H and O–H groups in total. The lowest BCUT2D eigenvalue weighted by Crippen LogP contribution is -2.24. The Morgan fingerprint density at radius 2 is 2.04 bits per heavy atom. The quantitative estimate of drug-likeness (QED) is 0.825. The van der Waals surface area contributed by atoms with Crippen LogP contribution in [0.4, 0.5) is 4.39 Å². The Bertz CT molecular complexity index is 794. The molecule has 1 saturated heterocycles. The maximum atomic E-state index is 14.4. The number of nitrogens with zero attached hydrogens (tertiary/aromatic N) is 4.